The first-order valence-electron chi connectivity index (χ1n) is 9.03. The third-order valence-electron chi connectivity index (χ3n) is 7.37. The molecule has 1 fully saturated rings. The van der Waals surface area contributed by atoms with Crippen molar-refractivity contribution in [3.05, 3.63) is 46.5 Å². The van der Waals surface area contributed by atoms with Crippen LogP contribution < -0.4 is 0 Å². The van der Waals surface area contributed by atoms with Crippen LogP contribution >= 0.6 is 0 Å². The summed E-state index contributed by atoms with van der Waals surface area (Å²) in [6.07, 6.45) is 2.67. The Morgan fingerprint density at radius 1 is 0.957 bits per heavy atom. The maximum atomic E-state index is 6.80. The van der Waals surface area contributed by atoms with Crippen molar-refractivity contribution < 1.29 is 4.74 Å². The highest BCUT2D eigenvalue weighted by molar-refractivity contribution is 5.35. The molecule has 1 saturated heterocycles. The fourth-order valence-corrected chi connectivity index (χ4v) is 5.19. The SMILES string of the molecule is CC1=CC(C)C2(C)C(C)C1C(c1ccc(C)c(C)c1)OC2(C)C. The molecule has 1 heteroatoms. The van der Waals surface area contributed by atoms with Crippen LogP contribution in [0.15, 0.2) is 29.8 Å². The molecule has 0 aromatic heterocycles. The second-order valence-corrected chi connectivity index (χ2v) is 8.69. The maximum Gasteiger partial charge on any atom is 0.0900 e. The Kier molecular flexibility index (Phi) is 3.80. The van der Waals surface area contributed by atoms with Gasteiger partial charge in [-0.15, -0.1) is 0 Å². The number of allylic oxidation sites excluding steroid dienone is 1. The number of rotatable bonds is 1. The van der Waals surface area contributed by atoms with Crippen LogP contribution in [0.4, 0.5) is 0 Å². The molecule has 1 heterocycles. The first-order valence-corrected chi connectivity index (χ1v) is 9.03. The standard InChI is InChI=1S/C22H32O/c1-13-9-10-18(12-14(13)2)20-19-15(3)11-16(4)22(8,17(19)5)21(6,7)23-20/h9-12,16-17,19-20H,1-8H3. The zero-order valence-corrected chi connectivity index (χ0v) is 16.0. The Balaban J connectivity index is 2.13. The van der Waals surface area contributed by atoms with Crippen molar-refractivity contribution in [1.82, 2.24) is 0 Å². The van der Waals surface area contributed by atoms with Gasteiger partial charge in [0.1, 0.15) is 0 Å². The molecule has 0 saturated carbocycles. The largest absolute Gasteiger partial charge is 0.366 e. The molecule has 1 aromatic rings. The lowest BCUT2D eigenvalue weighted by molar-refractivity contribution is -0.244. The molecule has 0 N–H and O–H groups in total. The van der Waals surface area contributed by atoms with Crippen LogP contribution in [0.1, 0.15) is 64.3 Å². The van der Waals surface area contributed by atoms with Crippen molar-refractivity contribution in [3.8, 4) is 0 Å². The smallest absolute Gasteiger partial charge is 0.0900 e. The lowest BCUT2D eigenvalue weighted by Gasteiger charge is -2.62. The monoisotopic (exact) mass is 312 g/mol. The van der Waals surface area contributed by atoms with E-state index in [0.717, 1.165) is 0 Å². The maximum absolute atomic E-state index is 6.80. The van der Waals surface area contributed by atoms with Crippen molar-refractivity contribution >= 4 is 0 Å². The number of ether oxygens (including phenoxy) is 1. The van der Waals surface area contributed by atoms with Crippen molar-refractivity contribution in [2.75, 3.05) is 0 Å². The van der Waals surface area contributed by atoms with Gasteiger partial charge in [0.15, 0.2) is 0 Å². The van der Waals surface area contributed by atoms with Crippen LogP contribution in [-0.4, -0.2) is 5.60 Å². The van der Waals surface area contributed by atoms with E-state index in [9.17, 15) is 0 Å². The second kappa shape index (κ2) is 5.21. The zero-order valence-electron chi connectivity index (χ0n) is 16.0. The summed E-state index contributed by atoms with van der Waals surface area (Å²) in [4.78, 5) is 0. The minimum absolute atomic E-state index is 0.136. The predicted octanol–water partition coefficient (Wildman–Crippen LogP) is 6.01. The number of fused-ring (bicyclic) bond motifs is 2. The summed E-state index contributed by atoms with van der Waals surface area (Å²) in [5.74, 6) is 1.63. The van der Waals surface area contributed by atoms with Gasteiger partial charge in [-0.3, -0.25) is 0 Å². The molecule has 5 atom stereocenters. The van der Waals surface area contributed by atoms with E-state index in [4.69, 9.17) is 4.74 Å². The van der Waals surface area contributed by atoms with Gasteiger partial charge in [0.2, 0.25) is 0 Å². The normalized spacial score (nSPS) is 39.0. The third kappa shape index (κ3) is 2.23. The van der Waals surface area contributed by atoms with Gasteiger partial charge in [0.25, 0.3) is 0 Å². The van der Waals surface area contributed by atoms with E-state index in [0.29, 0.717) is 17.8 Å². The second-order valence-electron chi connectivity index (χ2n) is 8.69. The Morgan fingerprint density at radius 3 is 2.22 bits per heavy atom. The molecular weight excluding hydrogens is 280 g/mol. The van der Waals surface area contributed by atoms with Gasteiger partial charge in [-0.05, 0) is 63.1 Å². The van der Waals surface area contributed by atoms with Crippen LogP contribution in [0.5, 0.6) is 0 Å². The molecule has 126 valence electrons. The van der Waals surface area contributed by atoms with E-state index >= 15 is 0 Å². The first kappa shape index (κ1) is 16.8. The quantitative estimate of drug-likeness (QED) is 0.577. The van der Waals surface area contributed by atoms with Crippen LogP contribution in [0.2, 0.25) is 0 Å². The summed E-state index contributed by atoms with van der Waals surface area (Å²) in [6, 6.07) is 6.84. The van der Waals surface area contributed by atoms with E-state index in [1.165, 1.54) is 22.3 Å². The van der Waals surface area contributed by atoms with Crippen LogP contribution in [0, 0.1) is 37.0 Å². The number of benzene rings is 1. The molecule has 1 aliphatic heterocycles. The van der Waals surface area contributed by atoms with E-state index in [1.54, 1.807) is 0 Å². The number of aryl methyl sites for hydroxylation is 2. The average Bonchev–Trinajstić information content (AvgIpc) is 2.45. The fourth-order valence-electron chi connectivity index (χ4n) is 5.19. The van der Waals surface area contributed by atoms with Gasteiger partial charge < -0.3 is 4.74 Å². The van der Waals surface area contributed by atoms with Gasteiger partial charge in [0.05, 0.1) is 11.7 Å². The highest BCUT2D eigenvalue weighted by atomic mass is 16.5. The Bertz CT molecular complexity index is 654. The van der Waals surface area contributed by atoms with Crippen molar-refractivity contribution in [1.29, 1.82) is 0 Å². The molecule has 0 spiro atoms. The molecule has 0 amide bonds. The van der Waals surface area contributed by atoms with Gasteiger partial charge in [-0.2, -0.15) is 0 Å². The molecule has 2 aliphatic rings. The molecule has 3 rings (SSSR count). The van der Waals surface area contributed by atoms with Gasteiger partial charge in [-0.1, -0.05) is 50.6 Å². The van der Waals surface area contributed by atoms with Crippen LogP contribution in [0.3, 0.4) is 0 Å². The molecule has 0 radical (unpaired) electrons. The molecule has 1 nitrogen and oxygen atoms in total. The fraction of sp³-hybridized carbons (Fsp3) is 0.636. The minimum Gasteiger partial charge on any atom is -0.366 e. The molecule has 2 bridgehead atoms. The summed E-state index contributed by atoms with van der Waals surface area (Å²) < 4.78 is 6.80. The van der Waals surface area contributed by atoms with Crippen LogP contribution in [0.25, 0.3) is 0 Å². The molecule has 1 aromatic carbocycles. The van der Waals surface area contributed by atoms with Gasteiger partial charge >= 0.3 is 0 Å². The minimum atomic E-state index is -0.136. The summed E-state index contributed by atoms with van der Waals surface area (Å²) in [7, 11) is 0. The van der Waals surface area contributed by atoms with E-state index in [-0.39, 0.29) is 17.1 Å². The highest BCUT2D eigenvalue weighted by Crippen LogP contribution is 2.62. The molecular formula is C22H32O. The summed E-state index contributed by atoms with van der Waals surface area (Å²) in [5.41, 5.74) is 5.58. The first-order chi connectivity index (χ1) is 10.6. The Labute approximate surface area is 142 Å². The predicted molar refractivity (Wildman–Crippen MR) is 97.5 cm³/mol. The van der Waals surface area contributed by atoms with Gasteiger partial charge in [0, 0.05) is 11.3 Å². The summed E-state index contributed by atoms with van der Waals surface area (Å²) in [5, 5.41) is 0. The number of hydrogen-bond acceptors (Lipinski definition) is 1. The average molecular weight is 312 g/mol. The van der Waals surface area contributed by atoms with Crippen molar-refractivity contribution in [2.45, 2.75) is 67.1 Å². The van der Waals surface area contributed by atoms with Crippen molar-refractivity contribution in [2.24, 2.45) is 23.2 Å². The Hall–Kier alpha value is -1.08. The van der Waals surface area contributed by atoms with E-state index < -0.39 is 0 Å². The highest BCUT2D eigenvalue weighted by Gasteiger charge is 2.59. The topological polar surface area (TPSA) is 9.23 Å². The summed E-state index contributed by atoms with van der Waals surface area (Å²) in [6.45, 7) is 18.5. The Morgan fingerprint density at radius 2 is 1.61 bits per heavy atom. The number of hydrogen-bond donors (Lipinski definition) is 0. The summed E-state index contributed by atoms with van der Waals surface area (Å²) >= 11 is 0. The molecule has 1 aliphatic carbocycles. The lowest BCUT2D eigenvalue weighted by Crippen LogP contribution is -2.60. The van der Waals surface area contributed by atoms with Crippen LogP contribution in [-0.2, 0) is 4.74 Å². The van der Waals surface area contributed by atoms with E-state index in [2.05, 4.69) is 79.7 Å². The van der Waals surface area contributed by atoms with E-state index in [1.807, 2.05) is 0 Å². The third-order valence-corrected chi connectivity index (χ3v) is 7.37. The lowest BCUT2D eigenvalue weighted by atomic mass is 9.50. The zero-order chi connectivity index (χ0) is 17.2. The van der Waals surface area contributed by atoms with Crippen molar-refractivity contribution in [3.63, 3.8) is 0 Å². The molecule has 5 unspecified atom stereocenters. The molecule has 23 heavy (non-hydrogen) atoms. The van der Waals surface area contributed by atoms with Gasteiger partial charge in [-0.25, -0.2) is 0 Å².